The third-order valence-corrected chi connectivity index (χ3v) is 7.99. The molecule has 0 unspecified atom stereocenters. The van der Waals surface area contributed by atoms with Gasteiger partial charge in [-0.1, -0.05) is 31.0 Å². The van der Waals surface area contributed by atoms with Gasteiger partial charge in [0.15, 0.2) is 0 Å². The summed E-state index contributed by atoms with van der Waals surface area (Å²) in [5, 5.41) is 20.2. The van der Waals surface area contributed by atoms with Gasteiger partial charge in [-0.15, -0.1) is 0 Å². The quantitative estimate of drug-likeness (QED) is 0.233. The van der Waals surface area contributed by atoms with Gasteiger partial charge in [0.2, 0.25) is 5.91 Å². The zero-order chi connectivity index (χ0) is 30.2. The van der Waals surface area contributed by atoms with Crippen LogP contribution in [-0.2, 0) is 11.8 Å². The lowest BCUT2D eigenvalue weighted by Gasteiger charge is -2.23. The maximum absolute atomic E-state index is 13.7. The number of aryl methyl sites for hydroxylation is 1. The highest BCUT2D eigenvalue weighted by Gasteiger charge is 2.23. The fraction of sp³-hybridized carbons (Fsp3) is 0.226. The highest BCUT2D eigenvalue weighted by atomic mass is 35.5. The number of anilines is 2. The van der Waals surface area contributed by atoms with E-state index in [1.165, 1.54) is 6.07 Å². The van der Waals surface area contributed by atoms with Crippen LogP contribution in [0.15, 0.2) is 72.0 Å². The number of fused-ring (bicyclic) bond motifs is 5. The van der Waals surface area contributed by atoms with E-state index in [9.17, 15) is 19.5 Å². The molecule has 12 heteroatoms. The number of hydrogen-bond acceptors (Lipinski definition) is 6. The van der Waals surface area contributed by atoms with E-state index >= 15 is 0 Å². The predicted molar refractivity (Wildman–Crippen MR) is 164 cm³/mol. The van der Waals surface area contributed by atoms with Crippen LogP contribution in [0.4, 0.5) is 16.2 Å². The van der Waals surface area contributed by atoms with Crippen molar-refractivity contribution in [3.63, 3.8) is 0 Å². The lowest BCUT2D eigenvalue weighted by Crippen LogP contribution is -2.27. The first-order valence-electron chi connectivity index (χ1n) is 13.8. The monoisotopic (exact) mass is 597 g/mol. The van der Waals surface area contributed by atoms with Gasteiger partial charge in [-0.3, -0.25) is 29.1 Å². The van der Waals surface area contributed by atoms with Crippen LogP contribution in [0.3, 0.4) is 0 Å². The molecule has 218 valence electrons. The Morgan fingerprint density at radius 2 is 1.91 bits per heavy atom. The number of nitrogens with zero attached hydrogens (tertiary/aromatic N) is 5. The van der Waals surface area contributed by atoms with Gasteiger partial charge >= 0.3 is 6.09 Å². The third-order valence-electron chi connectivity index (χ3n) is 7.77. The highest BCUT2D eigenvalue weighted by molar-refractivity contribution is 6.31. The van der Waals surface area contributed by atoms with Crippen LogP contribution in [0, 0.1) is 5.92 Å². The van der Waals surface area contributed by atoms with Crippen LogP contribution in [0.1, 0.15) is 37.9 Å². The molecule has 1 aliphatic rings. The van der Waals surface area contributed by atoms with Crippen LogP contribution in [-0.4, -0.2) is 41.4 Å². The molecular formula is C31H28ClN7O4. The maximum atomic E-state index is 13.7. The van der Waals surface area contributed by atoms with Crippen molar-refractivity contribution in [1.82, 2.24) is 24.3 Å². The van der Waals surface area contributed by atoms with Crippen molar-refractivity contribution in [2.75, 3.05) is 10.6 Å². The summed E-state index contributed by atoms with van der Waals surface area (Å²) in [6, 6.07) is 13.3. The molecular weight excluding hydrogens is 570 g/mol. The van der Waals surface area contributed by atoms with Gasteiger partial charge in [0, 0.05) is 52.5 Å². The number of carboxylic acid groups (broad SMARTS) is 1. The second kappa shape index (κ2) is 11.3. The average Bonchev–Trinajstić information content (AvgIpc) is 3.34. The number of nitrogens with one attached hydrogen (secondary N) is 2. The van der Waals surface area contributed by atoms with Gasteiger partial charge in [-0.05, 0) is 54.8 Å². The minimum atomic E-state index is -1.20. The number of benzene rings is 2. The number of carbonyl (C=O) groups excluding carboxylic acids is 1. The molecule has 3 N–H and O–H groups in total. The summed E-state index contributed by atoms with van der Waals surface area (Å²) in [7, 11) is 1.83. The van der Waals surface area contributed by atoms with Crippen LogP contribution < -0.4 is 16.2 Å². The number of aromatic nitrogens is 5. The zero-order valence-corrected chi connectivity index (χ0v) is 24.2. The lowest BCUT2D eigenvalue weighted by molar-refractivity contribution is -0.119. The number of carbonyl (C=O) groups is 2. The molecule has 2 amide bonds. The molecule has 11 nitrogen and oxygen atoms in total. The van der Waals surface area contributed by atoms with E-state index < -0.39 is 12.1 Å². The second-order valence-corrected chi connectivity index (χ2v) is 11.1. The lowest BCUT2D eigenvalue weighted by atomic mass is 9.95. The fourth-order valence-electron chi connectivity index (χ4n) is 5.61. The van der Waals surface area contributed by atoms with Crippen LogP contribution >= 0.6 is 11.6 Å². The number of halogens is 1. The van der Waals surface area contributed by atoms with E-state index in [-0.39, 0.29) is 17.4 Å². The molecule has 5 aromatic rings. The van der Waals surface area contributed by atoms with Crippen LogP contribution in [0.2, 0.25) is 5.02 Å². The second-order valence-electron chi connectivity index (χ2n) is 10.7. The normalized spacial score (nSPS) is 17.0. The van der Waals surface area contributed by atoms with E-state index in [0.29, 0.717) is 58.2 Å². The van der Waals surface area contributed by atoms with E-state index in [2.05, 4.69) is 25.7 Å². The van der Waals surface area contributed by atoms with Gasteiger partial charge in [-0.25, -0.2) is 9.78 Å². The van der Waals surface area contributed by atoms with Crippen molar-refractivity contribution >= 4 is 45.9 Å². The number of hydrogen-bond donors (Lipinski definition) is 3. The number of amides is 2. The molecule has 3 aromatic heterocycles. The molecule has 0 saturated carbocycles. The summed E-state index contributed by atoms with van der Waals surface area (Å²) in [6.45, 7) is 1.85. The van der Waals surface area contributed by atoms with Crippen LogP contribution in [0.5, 0.6) is 0 Å². The Morgan fingerprint density at radius 1 is 1.07 bits per heavy atom. The summed E-state index contributed by atoms with van der Waals surface area (Å²) in [5.41, 5.74) is 4.70. The number of rotatable bonds is 3. The molecule has 0 aliphatic carbocycles. The van der Waals surface area contributed by atoms with Crippen molar-refractivity contribution in [1.29, 1.82) is 0 Å². The van der Waals surface area contributed by atoms with E-state index in [0.717, 1.165) is 16.5 Å². The van der Waals surface area contributed by atoms with Crippen molar-refractivity contribution < 1.29 is 14.7 Å². The van der Waals surface area contributed by atoms with Crippen molar-refractivity contribution in [3.05, 3.63) is 88.3 Å². The Hall–Kier alpha value is -5.03. The van der Waals surface area contributed by atoms with Gasteiger partial charge in [-0.2, -0.15) is 5.10 Å². The van der Waals surface area contributed by atoms with Crippen molar-refractivity contribution in [2.45, 2.75) is 32.2 Å². The summed E-state index contributed by atoms with van der Waals surface area (Å²) >= 11 is 6.38. The Balaban J connectivity index is 1.44. The Morgan fingerprint density at radius 3 is 2.70 bits per heavy atom. The number of pyridine rings is 1. The third kappa shape index (κ3) is 5.59. The van der Waals surface area contributed by atoms with Crippen molar-refractivity contribution in [2.24, 2.45) is 13.0 Å². The molecule has 0 radical (unpaired) electrons. The standard InChI is InChI=1S/C31H28ClN7O4/c1-17-4-3-5-27(39-16-34-24(14-28(39)40)23-12-20(32)10-19-15-35-38(2)29(19)23)26-11-18(8-9-33-26)22-7-6-21(36-31(42)43)13-25(22)37-30(17)41/h6-17,27,36H,3-5H2,1-2H3,(H,37,41)(H,42,43)/t17-,27+/m1/s1. The van der Waals surface area contributed by atoms with Gasteiger partial charge in [0.1, 0.15) is 0 Å². The zero-order valence-electron chi connectivity index (χ0n) is 23.4. The molecule has 0 fully saturated rings. The smallest absolute Gasteiger partial charge is 0.409 e. The maximum Gasteiger partial charge on any atom is 0.409 e. The van der Waals surface area contributed by atoms with Gasteiger partial charge in [0.25, 0.3) is 5.56 Å². The molecule has 2 atom stereocenters. The molecule has 43 heavy (non-hydrogen) atoms. The minimum Gasteiger partial charge on any atom is -0.465 e. The summed E-state index contributed by atoms with van der Waals surface area (Å²) in [4.78, 5) is 47.3. The van der Waals surface area contributed by atoms with E-state index in [1.807, 2.05) is 32.2 Å². The Bertz CT molecular complexity index is 1950. The molecule has 0 spiro atoms. The molecule has 0 saturated heterocycles. The van der Waals surface area contributed by atoms with E-state index in [4.69, 9.17) is 11.6 Å². The molecule has 4 heterocycles. The van der Waals surface area contributed by atoms with Crippen LogP contribution in [0.25, 0.3) is 33.3 Å². The van der Waals surface area contributed by atoms with Gasteiger partial charge < -0.3 is 10.4 Å². The summed E-state index contributed by atoms with van der Waals surface area (Å²) in [5.74, 6) is -0.497. The topological polar surface area (TPSA) is 144 Å². The SMILES string of the molecule is C[C@@H]1CCC[C@H](n2cnc(-c3cc(Cl)cc4cnn(C)c34)cc2=O)c2cc(ccn2)-c2ccc(NC(=O)O)cc2NC1=O. The summed E-state index contributed by atoms with van der Waals surface area (Å²) < 4.78 is 3.31. The fourth-order valence-corrected chi connectivity index (χ4v) is 5.83. The predicted octanol–water partition coefficient (Wildman–Crippen LogP) is 5.95. The first-order chi connectivity index (χ1) is 20.7. The first kappa shape index (κ1) is 28.1. The largest absolute Gasteiger partial charge is 0.465 e. The first-order valence-corrected chi connectivity index (χ1v) is 14.2. The Kier molecular flexibility index (Phi) is 7.41. The van der Waals surface area contributed by atoms with Gasteiger partial charge in [0.05, 0.1) is 41.2 Å². The highest BCUT2D eigenvalue weighted by Crippen LogP contribution is 2.35. The molecule has 6 rings (SSSR count). The minimum absolute atomic E-state index is 0.175. The molecule has 1 aliphatic heterocycles. The summed E-state index contributed by atoms with van der Waals surface area (Å²) in [6.07, 6.45) is 5.51. The van der Waals surface area contributed by atoms with E-state index in [1.54, 1.807) is 52.2 Å². The van der Waals surface area contributed by atoms with Crippen molar-refractivity contribution in [3.8, 4) is 22.4 Å². The molecule has 2 bridgehead atoms. The average molecular weight is 598 g/mol. The Labute approximate surface area is 251 Å². The molecule has 2 aromatic carbocycles.